The van der Waals surface area contributed by atoms with Crippen molar-refractivity contribution in [3.8, 4) is 5.75 Å². The SMILES string of the molecule is Cc1ccc(OCc2nnc(S[C@@H](C)c3nc(C(C)(C)C)no3)o2)cc1. The van der Waals surface area contributed by atoms with E-state index in [4.69, 9.17) is 13.7 Å². The highest BCUT2D eigenvalue weighted by molar-refractivity contribution is 7.99. The van der Waals surface area contributed by atoms with Crippen LogP contribution in [0.15, 0.2) is 38.4 Å². The second-order valence-electron chi connectivity index (χ2n) is 7.03. The number of nitrogens with zero attached hydrogens (tertiary/aromatic N) is 4. The van der Waals surface area contributed by atoms with Crippen LogP contribution in [0.1, 0.15) is 56.1 Å². The van der Waals surface area contributed by atoms with E-state index in [0.717, 1.165) is 5.75 Å². The smallest absolute Gasteiger partial charge is 0.277 e. The van der Waals surface area contributed by atoms with Gasteiger partial charge in [-0.3, -0.25) is 0 Å². The largest absolute Gasteiger partial charge is 0.484 e. The molecule has 0 saturated heterocycles. The van der Waals surface area contributed by atoms with Crippen LogP contribution in [0.25, 0.3) is 0 Å². The molecule has 0 amide bonds. The molecular formula is C18H22N4O3S. The van der Waals surface area contributed by atoms with E-state index in [2.05, 4.69) is 20.3 Å². The standard InChI is InChI=1S/C18H22N4O3S/c1-11-6-8-13(9-7-11)23-10-14-20-21-17(24-14)26-12(2)15-19-16(22-25-15)18(3,4)5/h6-9,12H,10H2,1-5H3/t12-/m0/s1. The molecule has 8 heteroatoms. The van der Waals surface area contributed by atoms with E-state index in [9.17, 15) is 0 Å². The fourth-order valence-corrected chi connectivity index (χ4v) is 2.76. The van der Waals surface area contributed by atoms with Crippen molar-refractivity contribution in [1.29, 1.82) is 0 Å². The van der Waals surface area contributed by atoms with E-state index in [1.807, 2.05) is 58.9 Å². The van der Waals surface area contributed by atoms with Gasteiger partial charge in [0.1, 0.15) is 5.75 Å². The minimum atomic E-state index is -0.156. The van der Waals surface area contributed by atoms with E-state index in [1.54, 1.807) is 0 Å². The third-order valence-corrected chi connectivity index (χ3v) is 4.49. The Morgan fingerprint density at radius 1 is 1.15 bits per heavy atom. The van der Waals surface area contributed by atoms with Crippen molar-refractivity contribution in [3.05, 3.63) is 47.4 Å². The number of ether oxygens (including phenoxy) is 1. The van der Waals surface area contributed by atoms with Crippen molar-refractivity contribution in [3.63, 3.8) is 0 Å². The van der Waals surface area contributed by atoms with E-state index in [0.29, 0.717) is 22.8 Å². The highest BCUT2D eigenvalue weighted by atomic mass is 32.2. The molecule has 0 aliphatic carbocycles. The molecule has 1 atom stereocenters. The van der Waals surface area contributed by atoms with Gasteiger partial charge in [0.05, 0.1) is 5.25 Å². The van der Waals surface area contributed by atoms with E-state index in [-0.39, 0.29) is 17.3 Å². The first-order valence-electron chi connectivity index (χ1n) is 8.34. The van der Waals surface area contributed by atoms with Crippen molar-refractivity contribution in [2.75, 3.05) is 0 Å². The lowest BCUT2D eigenvalue weighted by atomic mass is 9.96. The van der Waals surface area contributed by atoms with Crippen LogP contribution < -0.4 is 4.74 Å². The maximum Gasteiger partial charge on any atom is 0.277 e. The fraction of sp³-hybridized carbons (Fsp3) is 0.444. The molecule has 0 unspecified atom stereocenters. The van der Waals surface area contributed by atoms with Gasteiger partial charge in [-0.25, -0.2) is 0 Å². The Hall–Kier alpha value is -2.35. The molecule has 1 aromatic carbocycles. The number of rotatable bonds is 6. The summed E-state index contributed by atoms with van der Waals surface area (Å²) in [6.07, 6.45) is 0. The number of aromatic nitrogens is 4. The highest BCUT2D eigenvalue weighted by Gasteiger charge is 2.24. The number of benzene rings is 1. The van der Waals surface area contributed by atoms with E-state index < -0.39 is 0 Å². The molecule has 0 saturated carbocycles. The van der Waals surface area contributed by atoms with Crippen molar-refractivity contribution in [2.45, 2.75) is 57.1 Å². The van der Waals surface area contributed by atoms with Gasteiger partial charge in [-0.15, -0.1) is 10.2 Å². The third-order valence-electron chi connectivity index (χ3n) is 3.57. The highest BCUT2D eigenvalue weighted by Crippen LogP contribution is 2.34. The molecule has 0 N–H and O–H groups in total. The number of hydrogen-bond donors (Lipinski definition) is 0. The first-order chi connectivity index (χ1) is 12.3. The second-order valence-corrected chi connectivity index (χ2v) is 8.32. The first kappa shape index (κ1) is 18.4. The zero-order valence-corrected chi connectivity index (χ0v) is 16.3. The molecular weight excluding hydrogens is 352 g/mol. The molecule has 2 aromatic heterocycles. The molecule has 0 bridgehead atoms. The average molecular weight is 374 g/mol. The summed E-state index contributed by atoms with van der Waals surface area (Å²) < 4.78 is 16.6. The second kappa shape index (κ2) is 7.49. The van der Waals surface area contributed by atoms with Crippen LogP contribution in [-0.4, -0.2) is 20.3 Å². The molecule has 0 fully saturated rings. The van der Waals surface area contributed by atoms with Crippen LogP contribution in [0, 0.1) is 6.92 Å². The molecule has 0 aliphatic heterocycles. The van der Waals surface area contributed by atoms with Crippen LogP contribution in [0.5, 0.6) is 5.75 Å². The summed E-state index contributed by atoms with van der Waals surface area (Å²) in [5.41, 5.74) is 1.02. The van der Waals surface area contributed by atoms with Gasteiger partial charge in [0.15, 0.2) is 12.4 Å². The molecule has 7 nitrogen and oxygen atoms in total. The average Bonchev–Trinajstić information content (AvgIpc) is 3.23. The Labute approximate surface area is 156 Å². The van der Waals surface area contributed by atoms with Gasteiger partial charge in [-0.1, -0.05) is 55.4 Å². The quantitative estimate of drug-likeness (QED) is 0.583. The van der Waals surface area contributed by atoms with E-state index >= 15 is 0 Å². The molecule has 0 aliphatic rings. The summed E-state index contributed by atoms with van der Waals surface area (Å²) in [6, 6.07) is 7.79. The van der Waals surface area contributed by atoms with Gasteiger partial charge in [0.2, 0.25) is 5.89 Å². The topological polar surface area (TPSA) is 87.1 Å². The van der Waals surface area contributed by atoms with Crippen molar-refractivity contribution in [1.82, 2.24) is 20.3 Å². The molecule has 26 heavy (non-hydrogen) atoms. The van der Waals surface area contributed by atoms with Gasteiger partial charge >= 0.3 is 0 Å². The lowest BCUT2D eigenvalue weighted by Crippen LogP contribution is -2.13. The molecule has 0 radical (unpaired) electrons. The predicted molar refractivity (Wildman–Crippen MR) is 97.1 cm³/mol. The van der Waals surface area contributed by atoms with Gasteiger partial charge < -0.3 is 13.7 Å². The number of hydrogen-bond acceptors (Lipinski definition) is 8. The predicted octanol–water partition coefficient (Wildman–Crippen LogP) is 4.49. The van der Waals surface area contributed by atoms with Gasteiger partial charge in [0, 0.05) is 5.41 Å². The Morgan fingerprint density at radius 2 is 1.88 bits per heavy atom. The summed E-state index contributed by atoms with van der Waals surface area (Å²) in [5.74, 6) is 2.39. The van der Waals surface area contributed by atoms with Gasteiger partial charge in [-0.2, -0.15) is 4.98 Å². The van der Waals surface area contributed by atoms with Crippen LogP contribution in [0.3, 0.4) is 0 Å². The van der Waals surface area contributed by atoms with Crippen LogP contribution in [0.4, 0.5) is 0 Å². The Kier molecular flexibility index (Phi) is 5.31. The van der Waals surface area contributed by atoms with Crippen molar-refractivity contribution in [2.24, 2.45) is 0 Å². The summed E-state index contributed by atoms with van der Waals surface area (Å²) in [4.78, 5) is 4.45. The number of aryl methyl sites for hydroxylation is 1. The third kappa shape index (κ3) is 4.63. The maximum absolute atomic E-state index is 5.64. The Bertz CT molecular complexity index is 852. The first-order valence-corrected chi connectivity index (χ1v) is 9.22. The fourth-order valence-electron chi connectivity index (χ4n) is 2.03. The molecule has 138 valence electrons. The van der Waals surface area contributed by atoms with E-state index in [1.165, 1.54) is 17.3 Å². The normalized spacial score (nSPS) is 13.0. The lowest BCUT2D eigenvalue weighted by molar-refractivity contribution is 0.252. The zero-order chi connectivity index (χ0) is 18.7. The Balaban J connectivity index is 1.57. The van der Waals surface area contributed by atoms with Crippen molar-refractivity contribution < 1.29 is 13.7 Å². The summed E-state index contributed by atoms with van der Waals surface area (Å²) >= 11 is 1.37. The van der Waals surface area contributed by atoms with Crippen LogP contribution >= 0.6 is 11.8 Å². The van der Waals surface area contributed by atoms with Crippen LogP contribution in [0.2, 0.25) is 0 Å². The maximum atomic E-state index is 5.64. The lowest BCUT2D eigenvalue weighted by Gasteiger charge is -2.11. The molecule has 0 spiro atoms. The molecule has 3 aromatic rings. The van der Waals surface area contributed by atoms with Crippen LogP contribution in [-0.2, 0) is 12.0 Å². The molecule has 3 rings (SSSR count). The Morgan fingerprint density at radius 3 is 2.54 bits per heavy atom. The number of thioether (sulfide) groups is 1. The molecule has 2 heterocycles. The summed E-state index contributed by atoms with van der Waals surface area (Å²) in [6.45, 7) is 10.3. The van der Waals surface area contributed by atoms with Gasteiger partial charge in [-0.05, 0) is 26.0 Å². The van der Waals surface area contributed by atoms with Crippen molar-refractivity contribution >= 4 is 11.8 Å². The minimum Gasteiger partial charge on any atom is -0.484 e. The van der Waals surface area contributed by atoms with Gasteiger partial charge in [0.25, 0.3) is 11.1 Å². The summed E-state index contributed by atoms with van der Waals surface area (Å²) in [5, 5.41) is 12.4. The summed E-state index contributed by atoms with van der Waals surface area (Å²) in [7, 11) is 0. The monoisotopic (exact) mass is 374 g/mol. The zero-order valence-electron chi connectivity index (χ0n) is 15.5. The minimum absolute atomic E-state index is 0.0927.